The molecule has 1 fully saturated rings. The second-order valence-electron chi connectivity index (χ2n) is 4.88. The van der Waals surface area contributed by atoms with E-state index in [2.05, 4.69) is 5.32 Å². The monoisotopic (exact) mass is 228 g/mol. The van der Waals surface area contributed by atoms with Crippen LogP contribution < -0.4 is 11.1 Å². The van der Waals surface area contributed by atoms with E-state index in [1.807, 2.05) is 13.8 Å². The standard InChI is InChI=1S/C11H20N2O3/c1-7(2)8(9(14)15)5-13-10(16)11(6-12)3-4-11/h7-8H,3-6,12H2,1-2H3,(H,13,16)(H,14,15). The summed E-state index contributed by atoms with van der Waals surface area (Å²) in [5.41, 5.74) is 5.12. The maximum absolute atomic E-state index is 11.7. The third-order valence-corrected chi connectivity index (χ3v) is 3.33. The van der Waals surface area contributed by atoms with Crippen molar-refractivity contribution in [3.05, 3.63) is 0 Å². The molecule has 0 aliphatic heterocycles. The summed E-state index contributed by atoms with van der Waals surface area (Å²) in [6.07, 6.45) is 1.63. The number of carbonyl (C=O) groups excluding carboxylic acids is 1. The predicted octanol–water partition coefficient (Wildman–Crippen LogP) is 0.198. The van der Waals surface area contributed by atoms with E-state index < -0.39 is 17.3 Å². The van der Waals surface area contributed by atoms with Crippen LogP contribution in [0, 0.1) is 17.3 Å². The number of aliphatic carboxylic acids is 1. The number of carboxylic acids is 1. The molecule has 0 spiro atoms. The van der Waals surface area contributed by atoms with Crippen molar-refractivity contribution < 1.29 is 14.7 Å². The summed E-state index contributed by atoms with van der Waals surface area (Å²) in [5, 5.41) is 11.7. The molecule has 0 saturated heterocycles. The molecule has 1 saturated carbocycles. The first-order valence-electron chi connectivity index (χ1n) is 5.64. The quantitative estimate of drug-likeness (QED) is 0.605. The number of amides is 1. The highest BCUT2D eigenvalue weighted by Gasteiger charge is 2.48. The lowest BCUT2D eigenvalue weighted by Gasteiger charge is -2.19. The fourth-order valence-corrected chi connectivity index (χ4v) is 1.67. The van der Waals surface area contributed by atoms with Gasteiger partial charge in [0.25, 0.3) is 0 Å². The molecule has 0 aromatic carbocycles. The van der Waals surface area contributed by atoms with E-state index in [0.717, 1.165) is 12.8 Å². The molecule has 5 heteroatoms. The van der Waals surface area contributed by atoms with Crippen molar-refractivity contribution in [1.82, 2.24) is 5.32 Å². The van der Waals surface area contributed by atoms with E-state index in [0.29, 0.717) is 6.54 Å². The van der Waals surface area contributed by atoms with Crippen LogP contribution in [0.1, 0.15) is 26.7 Å². The molecule has 0 bridgehead atoms. The van der Waals surface area contributed by atoms with E-state index in [-0.39, 0.29) is 18.4 Å². The van der Waals surface area contributed by atoms with Gasteiger partial charge in [-0.2, -0.15) is 0 Å². The molecule has 1 rings (SSSR count). The Morgan fingerprint density at radius 1 is 1.44 bits per heavy atom. The van der Waals surface area contributed by atoms with Gasteiger partial charge in [0, 0.05) is 13.1 Å². The first kappa shape index (κ1) is 13.0. The molecular weight excluding hydrogens is 208 g/mol. The Hall–Kier alpha value is -1.10. The zero-order valence-electron chi connectivity index (χ0n) is 9.82. The van der Waals surface area contributed by atoms with Gasteiger partial charge in [-0.1, -0.05) is 13.8 Å². The lowest BCUT2D eigenvalue weighted by Crippen LogP contribution is -2.41. The van der Waals surface area contributed by atoms with Gasteiger partial charge in [0.05, 0.1) is 11.3 Å². The van der Waals surface area contributed by atoms with Gasteiger partial charge in [0.2, 0.25) is 5.91 Å². The van der Waals surface area contributed by atoms with Gasteiger partial charge in [0.1, 0.15) is 0 Å². The Kier molecular flexibility index (Phi) is 3.91. The first-order valence-corrected chi connectivity index (χ1v) is 5.64. The number of nitrogens with two attached hydrogens (primary N) is 1. The number of carbonyl (C=O) groups is 2. The van der Waals surface area contributed by atoms with Crippen molar-refractivity contribution in [3.63, 3.8) is 0 Å². The van der Waals surface area contributed by atoms with Crippen LogP contribution in [0.4, 0.5) is 0 Å². The van der Waals surface area contributed by atoms with Gasteiger partial charge in [0.15, 0.2) is 0 Å². The third kappa shape index (κ3) is 2.72. The highest BCUT2D eigenvalue weighted by molar-refractivity contribution is 5.86. The summed E-state index contributed by atoms with van der Waals surface area (Å²) in [5.74, 6) is -1.49. The molecule has 4 N–H and O–H groups in total. The van der Waals surface area contributed by atoms with E-state index in [1.165, 1.54) is 0 Å². The summed E-state index contributed by atoms with van der Waals surface area (Å²) in [7, 11) is 0. The van der Waals surface area contributed by atoms with Gasteiger partial charge in [-0.05, 0) is 18.8 Å². The molecule has 1 aliphatic rings. The van der Waals surface area contributed by atoms with Crippen molar-refractivity contribution >= 4 is 11.9 Å². The van der Waals surface area contributed by atoms with Gasteiger partial charge in [-0.25, -0.2) is 0 Å². The average molecular weight is 228 g/mol. The van der Waals surface area contributed by atoms with Crippen LogP contribution in [0.5, 0.6) is 0 Å². The molecule has 1 aliphatic carbocycles. The second kappa shape index (κ2) is 4.82. The van der Waals surface area contributed by atoms with Crippen molar-refractivity contribution in [2.45, 2.75) is 26.7 Å². The van der Waals surface area contributed by atoms with E-state index in [1.54, 1.807) is 0 Å². The molecule has 1 atom stereocenters. The Labute approximate surface area is 95.4 Å². The lowest BCUT2D eigenvalue weighted by atomic mass is 9.95. The number of nitrogens with one attached hydrogen (secondary N) is 1. The summed E-state index contributed by atoms with van der Waals surface area (Å²) in [6.45, 7) is 4.20. The van der Waals surface area contributed by atoms with Gasteiger partial charge >= 0.3 is 5.97 Å². The van der Waals surface area contributed by atoms with Crippen LogP contribution in [0.25, 0.3) is 0 Å². The molecule has 0 aromatic rings. The second-order valence-corrected chi connectivity index (χ2v) is 4.88. The van der Waals surface area contributed by atoms with E-state index >= 15 is 0 Å². The number of carboxylic acid groups (broad SMARTS) is 1. The van der Waals surface area contributed by atoms with Crippen molar-refractivity contribution in [2.75, 3.05) is 13.1 Å². The highest BCUT2D eigenvalue weighted by Crippen LogP contribution is 2.44. The Morgan fingerprint density at radius 2 is 2.00 bits per heavy atom. The number of hydrogen-bond acceptors (Lipinski definition) is 3. The van der Waals surface area contributed by atoms with Crippen LogP contribution in [0.15, 0.2) is 0 Å². The Morgan fingerprint density at radius 3 is 2.31 bits per heavy atom. The molecule has 16 heavy (non-hydrogen) atoms. The van der Waals surface area contributed by atoms with Crippen molar-refractivity contribution in [3.8, 4) is 0 Å². The largest absolute Gasteiger partial charge is 0.481 e. The number of rotatable bonds is 6. The summed E-state index contributed by atoms with van der Waals surface area (Å²) < 4.78 is 0. The van der Waals surface area contributed by atoms with Crippen molar-refractivity contribution in [2.24, 2.45) is 23.0 Å². The summed E-state index contributed by atoms with van der Waals surface area (Å²) in [6, 6.07) is 0. The molecular formula is C11H20N2O3. The third-order valence-electron chi connectivity index (χ3n) is 3.33. The normalized spacial score (nSPS) is 19.2. The first-order chi connectivity index (χ1) is 7.43. The maximum atomic E-state index is 11.7. The highest BCUT2D eigenvalue weighted by atomic mass is 16.4. The Bertz CT molecular complexity index is 285. The molecule has 1 unspecified atom stereocenters. The fourth-order valence-electron chi connectivity index (χ4n) is 1.67. The molecule has 1 amide bonds. The van der Waals surface area contributed by atoms with Crippen molar-refractivity contribution in [1.29, 1.82) is 0 Å². The number of hydrogen-bond donors (Lipinski definition) is 3. The maximum Gasteiger partial charge on any atom is 0.308 e. The smallest absolute Gasteiger partial charge is 0.308 e. The fraction of sp³-hybridized carbons (Fsp3) is 0.818. The minimum absolute atomic E-state index is 0.00540. The van der Waals surface area contributed by atoms with Gasteiger partial charge < -0.3 is 16.2 Å². The minimum atomic E-state index is -0.868. The average Bonchev–Trinajstić information content (AvgIpc) is 2.97. The zero-order chi connectivity index (χ0) is 12.3. The SMILES string of the molecule is CC(C)C(CNC(=O)C1(CN)CC1)C(=O)O. The molecule has 0 radical (unpaired) electrons. The van der Waals surface area contributed by atoms with Crippen LogP contribution in [-0.2, 0) is 9.59 Å². The van der Waals surface area contributed by atoms with Gasteiger partial charge in [-0.3, -0.25) is 9.59 Å². The Balaban J connectivity index is 2.44. The van der Waals surface area contributed by atoms with E-state index in [4.69, 9.17) is 10.8 Å². The van der Waals surface area contributed by atoms with Gasteiger partial charge in [-0.15, -0.1) is 0 Å². The molecule has 92 valence electrons. The zero-order valence-corrected chi connectivity index (χ0v) is 9.82. The lowest BCUT2D eigenvalue weighted by molar-refractivity contribution is -0.143. The topological polar surface area (TPSA) is 92.4 Å². The van der Waals surface area contributed by atoms with E-state index in [9.17, 15) is 9.59 Å². The van der Waals surface area contributed by atoms with Crippen LogP contribution in [-0.4, -0.2) is 30.1 Å². The summed E-state index contributed by atoms with van der Waals surface area (Å²) in [4.78, 5) is 22.6. The molecule has 5 nitrogen and oxygen atoms in total. The summed E-state index contributed by atoms with van der Waals surface area (Å²) >= 11 is 0. The molecule has 0 heterocycles. The van der Waals surface area contributed by atoms with Crippen LogP contribution in [0.2, 0.25) is 0 Å². The molecule has 0 aromatic heterocycles. The van der Waals surface area contributed by atoms with Crippen LogP contribution >= 0.6 is 0 Å². The minimum Gasteiger partial charge on any atom is -0.481 e. The van der Waals surface area contributed by atoms with Crippen LogP contribution in [0.3, 0.4) is 0 Å². The predicted molar refractivity (Wildman–Crippen MR) is 59.7 cm³/mol.